The van der Waals surface area contributed by atoms with E-state index >= 15 is 0 Å². The van der Waals surface area contributed by atoms with Gasteiger partial charge >= 0.3 is 5.97 Å². The van der Waals surface area contributed by atoms with Crippen molar-refractivity contribution in [1.29, 1.82) is 0 Å². The fraction of sp³-hybridized carbons (Fsp3) is 0.611. The number of rotatable bonds is 10. The van der Waals surface area contributed by atoms with Crippen LogP contribution in [-0.2, 0) is 16.0 Å². The molecule has 0 bridgehead atoms. The molecule has 0 spiro atoms. The molecule has 118 valence electrons. The molecule has 0 aliphatic rings. The Morgan fingerprint density at radius 1 is 1.14 bits per heavy atom. The van der Waals surface area contributed by atoms with E-state index < -0.39 is 0 Å². The lowest BCUT2D eigenvalue weighted by atomic mass is 10.00. The van der Waals surface area contributed by atoms with Crippen molar-refractivity contribution in [3.05, 3.63) is 35.4 Å². The summed E-state index contributed by atoms with van der Waals surface area (Å²) in [5.41, 5.74) is 2.18. The summed E-state index contributed by atoms with van der Waals surface area (Å²) in [6.07, 6.45) is 7.33. The van der Waals surface area contributed by atoms with Gasteiger partial charge in [0.2, 0.25) is 0 Å². The summed E-state index contributed by atoms with van der Waals surface area (Å²) in [6, 6.07) is 8.08. The Hall–Kier alpha value is -1.35. The number of methoxy groups -OCH3 is 1. The van der Waals surface area contributed by atoms with Crippen molar-refractivity contribution in [2.24, 2.45) is 0 Å². The van der Waals surface area contributed by atoms with Gasteiger partial charge in [-0.25, -0.2) is 0 Å². The molecule has 1 aromatic carbocycles. The van der Waals surface area contributed by atoms with Crippen molar-refractivity contribution >= 4 is 5.97 Å². The molecule has 1 N–H and O–H groups in total. The van der Waals surface area contributed by atoms with Crippen LogP contribution in [0.1, 0.15) is 69.1 Å². The quantitative estimate of drug-likeness (QED) is 0.519. The maximum Gasteiger partial charge on any atom is 0.305 e. The van der Waals surface area contributed by atoms with Crippen LogP contribution in [0.3, 0.4) is 0 Å². The molecule has 0 heterocycles. The maximum atomic E-state index is 11.0. The summed E-state index contributed by atoms with van der Waals surface area (Å²) in [6.45, 7) is 2.19. The lowest BCUT2D eigenvalue weighted by Crippen LogP contribution is -2.01. The number of unbranched alkanes of at least 4 members (excludes halogenated alkanes) is 3. The minimum absolute atomic E-state index is 0.158. The second-order valence-corrected chi connectivity index (χ2v) is 5.54. The maximum absolute atomic E-state index is 11.0. The van der Waals surface area contributed by atoms with E-state index in [2.05, 4.69) is 11.7 Å². The molecule has 1 atom stereocenters. The Balaban J connectivity index is 2.33. The molecule has 0 fully saturated rings. The Bertz CT molecular complexity index is 397. The Kier molecular flexibility index (Phi) is 8.76. The van der Waals surface area contributed by atoms with Gasteiger partial charge in [-0.2, -0.15) is 0 Å². The number of ether oxygens (including phenoxy) is 1. The molecule has 0 amide bonds. The third-order valence-corrected chi connectivity index (χ3v) is 3.77. The van der Waals surface area contributed by atoms with Gasteiger partial charge in [-0.3, -0.25) is 4.79 Å². The zero-order chi connectivity index (χ0) is 15.5. The molecule has 0 saturated heterocycles. The van der Waals surface area contributed by atoms with Crippen LogP contribution in [0.5, 0.6) is 0 Å². The van der Waals surface area contributed by atoms with Crippen LogP contribution in [0.15, 0.2) is 24.3 Å². The highest BCUT2D eigenvalue weighted by atomic mass is 16.5. The highest BCUT2D eigenvalue weighted by Crippen LogP contribution is 2.21. The normalized spacial score (nSPS) is 12.1. The molecule has 1 rings (SSSR count). The first-order chi connectivity index (χ1) is 10.2. The second-order valence-electron chi connectivity index (χ2n) is 5.54. The molecule has 1 aromatic rings. The first kappa shape index (κ1) is 17.7. The first-order valence-electron chi connectivity index (χ1n) is 8.01. The van der Waals surface area contributed by atoms with E-state index in [0.717, 1.165) is 31.2 Å². The Labute approximate surface area is 128 Å². The average Bonchev–Trinajstić information content (AvgIpc) is 2.51. The monoisotopic (exact) mass is 292 g/mol. The van der Waals surface area contributed by atoms with Crippen molar-refractivity contribution in [3.8, 4) is 0 Å². The SMILES string of the molecule is CCCCCCC(O)c1ccc(CCCC(=O)OC)cc1. The van der Waals surface area contributed by atoms with Crippen LogP contribution in [0.4, 0.5) is 0 Å². The van der Waals surface area contributed by atoms with Crippen molar-refractivity contribution in [2.45, 2.75) is 64.4 Å². The fourth-order valence-corrected chi connectivity index (χ4v) is 2.38. The van der Waals surface area contributed by atoms with E-state index in [9.17, 15) is 9.90 Å². The molecule has 0 saturated carbocycles. The average molecular weight is 292 g/mol. The minimum Gasteiger partial charge on any atom is -0.469 e. The van der Waals surface area contributed by atoms with Crippen LogP contribution in [0.25, 0.3) is 0 Å². The van der Waals surface area contributed by atoms with Gasteiger partial charge in [0.05, 0.1) is 13.2 Å². The van der Waals surface area contributed by atoms with E-state index in [-0.39, 0.29) is 12.1 Å². The van der Waals surface area contributed by atoms with Crippen LogP contribution in [0.2, 0.25) is 0 Å². The summed E-state index contributed by atoms with van der Waals surface area (Å²) in [5.74, 6) is -0.158. The number of aliphatic hydroxyl groups is 1. The van der Waals surface area contributed by atoms with E-state index in [1.54, 1.807) is 0 Å². The van der Waals surface area contributed by atoms with Gasteiger partial charge in [0.25, 0.3) is 0 Å². The molecule has 0 aromatic heterocycles. The van der Waals surface area contributed by atoms with E-state index in [0.29, 0.717) is 6.42 Å². The summed E-state index contributed by atoms with van der Waals surface area (Å²) < 4.78 is 4.62. The Morgan fingerprint density at radius 3 is 2.48 bits per heavy atom. The van der Waals surface area contributed by atoms with Crippen LogP contribution >= 0.6 is 0 Å². The largest absolute Gasteiger partial charge is 0.469 e. The number of benzene rings is 1. The van der Waals surface area contributed by atoms with Gasteiger partial charge in [-0.05, 0) is 30.4 Å². The molecule has 3 nitrogen and oxygen atoms in total. The van der Waals surface area contributed by atoms with Gasteiger partial charge in [0.1, 0.15) is 0 Å². The first-order valence-corrected chi connectivity index (χ1v) is 8.01. The van der Waals surface area contributed by atoms with E-state index in [1.165, 1.54) is 31.9 Å². The van der Waals surface area contributed by atoms with Gasteiger partial charge in [0, 0.05) is 6.42 Å². The number of aryl methyl sites for hydroxylation is 1. The molecule has 0 aliphatic carbocycles. The Morgan fingerprint density at radius 2 is 1.86 bits per heavy atom. The zero-order valence-electron chi connectivity index (χ0n) is 13.3. The topological polar surface area (TPSA) is 46.5 Å². The van der Waals surface area contributed by atoms with Gasteiger partial charge in [0.15, 0.2) is 0 Å². The minimum atomic E-state index is -0.356. The fourth-order valence-electron chi connectivity index (χ4n) is 2.38. The lowest BCUT2D eigenvalue weighted by Gasteiger charge is -2.11. The second kappa shape index (κ2) is 10.4. The van der Waals surface area contributed by atoms with Crippen LogP contribution in [-0.4, -0.2) is 18.2 Å². The van der Waals surface area contributed by atoms with Gasteiger partial charge in [-0.1, -0.05) is 56.9 Å². The molecular formula is C18H28O3. The van der Waals surface area contributed by atoms with Gasteiger partial charge in [-0.15, -0.1) is 0 Å². The highest BCUT2D eigenvalue weighted by molar-refractivity contribution is 5.69. The predicted octanol–water partition coefficient (Wildman–Crippen LogP) is 4.19. The molecule has 21 heavy (non-hydrogen) atoms. The van der Waals surface area contributed by atoms with E-state index in [4.69, 9.17) is 0 Å². The van der Waals surface area contributed by atoms with Crippen molar-refractivity contribution in [3.63, 3.8) is 0 Å². The number of carbonyl (C=O) groups excluding carboxylic acids is 1. The molecule has 0 aliphatic heterocycles. The number of hydrogen-bond donors (Lipinski definition) is 1. The standard InChI is InChI=1S/C18H28O3/c1-3-4-5-6-9-17(19)16-13-11-15(12-14-16)8-7-10-18(20)21-2/h11-14,17,19H,3-10H2,1-2H3. The van der Waals surface area contributed by atoms with Crippen LogP contribution in [0, 0.1) is 0 Å². The smallest absolute Gasteiger partial charge is 0.305 e. The molecule has 3 heteroatoms. The summed E-state index contributed by atoms with van der Waals surface area (Å²) >= 11 is 0. The third-order valence-electron chi connectivity index (χ3n) is 3.77. The molecular weight excluding hydrogens is 264 g/mol. The number of esters is 1. The predicted molar refractivity (Wildman–Crippen MR) is 85.1 cm³/mol. The van der Waals surface area contributed by atoms with Gasteiger partial charge < -0.3 is 9.84 Å². The van der Waals surface area contributed by atoms with Crippen molar-refractivity contribution in [2.75, 3.05) is 7.11 Å². The van der Waals surface area contributed by atoms with Crippen molar-refractivity contribution < 1.29 is 14.6 Å². The molecule has 0 radical (unpaired) electrons. The number of aliphatic hydroxyl groups excluding tert-OH is 1. The summed E-state index contributed by atoms with van der Waals surface area (Å²) in [5, 5.41) is 10.1. The zero-order valence-corrected chi connectivity index (χ0v) is 13.3. The highest BCUT2D eigenvalue weighted by Gasteiger charge is 2.07. The summed E-state index contributed by atoms with van der Waals surface area (Å²) in [4.78, 5) is 11.0. The van der Waals surface area contributed by atoms with Crippen LogP contribution < -0.4 is 0 Å². The van der Waals surface area contributed by atoms with Crippen molar-refractivity contribution in [1.82, 2.24) is 0 Å². The number of hydrogen-bond acceptors (Lipinski definition) is 3. The lowest BCUT2D eigenvalue weighted by molar-refractivity contribution is -0.140. The number of carbonyl (C=O) groups is 1. The third kappa shape index (κ3) is 7.28. The van der Waals surface area contributed by atoms with E-state index in [1.807, 2.05) is 24.3 Å². The summed E-state index contributed by atoms with van der Waals surface area (Å²) in [7, 11) is 1.42. The molecule has 1 unspecified atom stereocenters.